The maximum atomic E-state index is 5.83. The van der Waals surface area contributed by atoms with Gasteiger partial charge in [0, 0.05) is 39.3 Å². The summed E-state index contributed by atoms with van der Waals surface area (Å²) in [6, 6.07) is 8.91. The molecule has 3 nitrogen and oxygen atoms in total. The topological polar surface area (TPSA) is 15.7 Å². The Hall–Kier alpha value is -0.900. The van der Waals surface area contributed by atoms with Gasteiger partial charge in [-0.05, 0) is 37.8 Å². The SMILES string of the molecule is CC(C)CN1CCN(Cc2ccc(COC(C)(C)C)cc2)CC1. The van der Waals surface area contributed by atoms with Crippen molar-refractivity contribution in [2.75, 3.05) is 32.7 Å². The van der Waals surface area contributed by atoms with E-state index in [9.17, 15) is 0 Å². The van der Waals surface area contributed by atoms with Gasteiger partial charge in [0.15, 0.2) is 0 Å². The molecule has 1 saturated heterocycles. The van der Waals surface area contributed by atoms with Crippen LogP contribution in [0.25, 0.3) is 0 Å². The van der Waals surface area contributed by atoms with Gasteiger partial charge in [-0.1, -0.05) is 38.1 Å². The summed E-state index contributed by atoms with van der Waals surface area (Å²) in [7, 11) is 0. The fourth-order valence-electron chi connectivity index (χ4n) is 2.95. The molecular weight excluding hydrogens is 284 g/mol. The Kier molecular flexibility index (Phi) is 6.63. The Morgan fingerprint density at radius 3 is 1.96 bits per heavy atom. The largest absolute Gasteiger partial charge is 0.371 e. The molecular formula is C20H34N2O. The van der Waals surface area contributed by atoms with Crippen LogP contribution in [0.4, 0.5) is 0 Å². The van der Waals surface area contributed by atoms with Crippen LogP contribution in [0.5, 0.6) is 0 Å². The highest BCUT2D eigenvalue weighted by Crippen LogP contribution is 2.14. The normalized spacial score (nSPS) is 17.8. The Morgan fingerprint density at radius 1 is 0.913 bits per heavy atom. The Morgan fingerprint density at radius 2 is 1.43 bits per heavy atom. The van der Waals surface area contributed by atoms with E-state index in [-0.39, 0.29) is 5.60 Å². The first-order valence-electron chi connectivity index (χ1n) is 8.98. The molecule has 0 unspecified atom stereocenters. The van der Waals surface area contributed by atoms with E-state index >= 15 is 0 Å². The number of hydrogen-bond acceptors (Lipinski definition) is 3. The first kappa shape index (κ1) is 18.4. The van der Waals surface area contributed by atoms with Crippen LogP contribution in [-0.2, 0) is 17.9 Å². The Labute approximate surface area is 142 Å². The molecule has 1 aliphatic rings. The lowest BCUT2D eigenvalue weighted by atomic mass is 10.1. The summed E-state index contributed by atoms with van der Waals surface area (Å²) in [5.74, 6) is 0.768. The van der Waals surface area contributed by atoms with Gasteiger partial charge in [0.2, 0.25) is 0 Å². The molecule has 0 amide bonds. The minimum absolute atomic E-state index is 0.0751. The van der Waals surface area contributed by atoms with Crippen LogP contribution in [0.3, 0.4) is 0 Å². The van der Waals surface area contributed by atoms with E-state index in [4.69, 9.17) is 4.74 Å². The van der Waals surface area contributed by atoms with Gasteiger partial charge in [-0.15, -0.1) is 0 Å². The van der Waals surface area contributed by atoms with Crippen molar-refractivity contribution in [2.45, 2.75) is 53.4 Å². The first-order chi connectivity index (χ1) is 10.8. The maximum Gasteiger partial charge on any atom is 0.0724 e. The van der Waals surface area contributed by atoms with Gasteiger partial charge < -0.3 is 9.64 Å². The lowest BCUT2D eigenvalue weighted by Crippen LogP contribution is -2.46. The van der Waals surface area contributed by atoms with Crippen LogP contribution in [0.2, 0.25) is 0 Å². The minimum atomic E-state index is -0.0751. The summed E-state index contributed by atoms with van der Waals surface area (Å²) in [4.78, 5) is 5.16. The van der Waals surface area contributed by atoms with Crippen molar-refractivity contribution >= 4 is 0 Å². The van der Waals surface area contributed by atoms with Crippen molar-refractivity contribution < 1.29 is 4.74 Å². The molecule has 1 heterocycles. The fourth-order valence-corrected chi connectivity index (χ4v) is 2.95. The second-order valence-electron chi connectivity index (χ2n) is 8.19. The highest BCUT2D eigenvalue weighted by atomic mass is 16.5. The van der Waals surface area contributed by atoms with Crippen molar-refractivity contribution in [2.24, 2.45) is 5.92 Å². The number of nitrogens with zero attached hydrogens (tertiary/aromatic N) is 2. The second-order valence-corrected chi connectivity index (χ2v) is 8.19. The third kappa shape index (κ3) is 7.03. The standard InChI is InChI=1S/C20H34N2O/c1-17(2)14-21-10-12-22(13-11-21)15-18-6-8-19(9-7-18)16-23-20(3,4)5/h6-9,17H,10-16H2,1-5H3. The summed E-state index contributed by atoms with van der Waals surface area (Å²) < 4.78 is 5.83. The number of rotatable bonds is 6. The van der Waals surface area contributed by atoms with E-state index in [1.54, 1.807) is 0 Å². The third-order valence-corrected chi connectivity index (χ3v) is 4.19. The van der Waals surface area contributed by atoms with Crippen LogP contribution in [0.1, 0.15) is 45.7 Å². The van der Waals surface area contributed by atoms with Gasteiger partial charge in [-0.2, -0.15) is 0 Å². The van der Waals surface area contributed by atoms with Crippen molar-refractivity contribution in [1.29, 1.82) is 0 Å². The van der Waals surface area contributed by atoms with Crippen LogP contribution in [0, 0.1) is 5.92 Å². The average Bonchev–Trinajstić information content (AvgIpc) is 2.47. The molecule has 1 aliphatic heterocycles. The minimum Gasteiger partial charge on any atom is -0.371 e. The molecule has 0 aromatic heterocycles. The lowest BCUT2D eigenvalue weighted by molar-refractivity contribution is -0.0149. The number of benzene rings is 1. The molecule has 0 bridgehead atoms. The van der Waals surface area contributed by atoms with E-state index in [1.807, 2.05) is 0 Å². The molecule has 0 atom stereocenters. The van der Waals surface area contributed by atoms with E-state index < -0.39 is 0 Å². The predicted molar refractivity (Wildman–Crippen MR) is 97.5 cm³/mol. The van der Waals surface area contributed by atoms with E-state index in [0.29, 0.717) is 6.61 Å². The quantitative estimate of drug-likeness (QED) is 0.794. The smallest absolute Gasteiger partial charge is 0.0724 e. The monoisotopic (exact) mass is 318 g/mol. The van der Waals surface area contributed by atoms with Crippen molar-refractivity contribution in [3.05, 3.63) is 35.4 Å². The summed E-state index contributed by atoms with van der Waals surface area (Å²) in [6.07, 6.45) is 0. The molecule has 23 heavy (non-hydrogen) atoms. The van der Waals surface area contributed by atoms with Crippen LogP contribution in [0.15, 0.2) is 24.3 Å². The van der Waals surface area contributed by atoms with Crippen LogP contribution >= 0.6 is 0 Å². The van der Waals surface area contributed by atoms with E-state index in [1.165, 1.54) is 43.9 Å². The first-order valence-corrected chi connectivity index (χ1v) is 8.98. The zero-order valence-corrected chi connectivity index (χ0v) is 15.6. The lowest BCUT2D eigenvalue weighted by Gasteiger charge is -2.35. The second kappa shape index (κ2) is 8.27. The molecule has 0 N–H and O–H groups in total. The average molecular weight is 319 g/mol. The number of hydrogen-bond donors (Lipinski definition) is 0. The molecule has 1 aromatic carbocycles. The highest BCUT2D eigenvalue weighted by molar-refractivity contribution is 5.22. The van der Waals surface area contributed by atoms with Crippen molar-refractivity contribution in [3.63, 3.8) is 0 Å². The summed E-state index contributed by atoms with van der Waals surface area (Å²) in [5, 5.41) is 0. The Bertz CT molecular complexity index is 454. The number of ether oxygens (including phenoxy) is 1. The summed E-state index contributed by atoms with van der Waals surface area (Å²) >= 11 is 0. The summed E-state index contributed by atoms with van der Waals surface area (Å²) in [6.45, 7) is 18.7. The zero-order chi connectivity index (χ0) is 16.9. The molecule has 0 saturated carbocycles. The molecule has 0 aliphatic carbocycles. The molecule has 1 fully saturated rings. The van der Waals surface area contributed by atoms with Gasteiger partial charge in [0.25, 0.3) is 0 Å². The van der Waals surface area contributed by atoms with Crippen molar-refractivity contribution in [3.8, 4) is 0 Å². The molecule has 130 valence electrons. The van der Waals surface area contributed by atoms with Gasteiger partial charge in [-0.3, -0.25) is 4.90 Å². The van der Waals surface area contributed by atoms with Gasteiger partial charge in [0.05, 0.1) is 12.2 Å². The molecule has 0 radical (unpaired) electrons. The number of piperazine rings is 1. The summed E-state index contributed by atoms with van der Waals surface area (Å²) in [5.41, 5.74) is 2.58. The zero-order valence-electron chi connectivity index (χ0n) is 15.6. The fraction of sp³-hybridized carbons (Fsp3) is 0.700. The van der Waals surface area contributed by atoms with Crippen LogP contribution < -0.4 is 0 Å². The van der Waals surface area contributed by atoms with Crippen molar-refractivity contribution in [1.82, 2.24) is 9.80 Å². The predicted octanol–water partition coefficient (Wildman–Crippen LogP) is 3.78. The third-order valence-electron chi connectivity index (χ3n) is 4.19. The van der Waals surface area contributed by atoms with Gasteiger partial charge in [-0.25, -0.2) is 0 Å². The maximum absolute atomic E-state index is 5.83. The van der Waals surface area contributed by atoms with Gasteiger partial charge >= 0.3 is 0 Å². The van der Waals surface area contributed by atoms with E-state index in [0.717, 1.165) is 12.5 Å². The van der Waals surface area contributed by atoms with E-state index in [2.05, 4.69) is 68.7 Å². The molecule has 0 spiro atoms. The molecule has 2 rings (SSSR count). The highest BCUT2D eigenvalue weighted by Gasteiger charge is 2.17. The van der Waals surface area contributed by atoms with Gasteiger partial charge in [0.1, 0.15) is 0 Å². The molecule has 1 aromatic rings. The molecule has 3 heteroatoms. The van der Waals surface area contributed by atoms with Crippen LogP contribution in [-0.4, -0.2) is 48.1 Å². The Balaban J connectivity index is 1.76.